The minimum atomic E-state index is -0.678. The van der Waals surface area contributed by atoms with Gasteiger partial charge in [0.2, 0.25) is 0 Å². The summed E-state index contributed by atoms with van der Waals surface area (Å²) in [6, 6.07) is 0. The Balaban J connectivity index is 2.61. The molecule has 5 heteroatoms. The van der Waals surface area contributed by atoms with E-state index in [0.717, 1.165) is 0 Å². The molecule has 1 rings (SSSR count). The van der Waals surface area contributed by atoms with Crippen molar-refractivity contribution in [2.45, 2.75) is 71.6 Å². The molecule has 0 aromatic carbocycles. The van der Waals surface area contributed by atoms with E-state index in [1.807, 2.05) is 27.7 Å². The van der Waals surface area contributed by atoms with Gasteiger partial charge in [0.25, 0.3) is 0 Å². The fraction of sp³-hybridized carbons (Fsp3) is 0.379. The number of esters is 1. The monoisotopic (exact) mass is 449 g/mol. The normalized spacial score (nSPS) is 14.3. The molecule has 1 aliphatic heterocycles. The first kappa shape index (κ1) is 27.4. The number of piperidine rings is 1. The quantitative estimate of drug-likeness (QED) is 0.367. The summed E-state index contributed by atoms with van der Waals surface area (Å²) in [4.78, 5) is 28.9. The smallest absolute Gasteiger partial charge is 0.385 e. The van der Waals surface area contributed by atoms with Crippen molar-refractivity contribution in [3.63, 3.8) is 0 Å². The molecular formula is C29H23NO4. The molecule has 1 heterocycles. The Hall–Kier alpha value is -4.62. The molecule has 1 aliphatic rings. The summed E-state index contributed by atoms with van der Waals surface area (Å²) in [5, 5.41) is 1.67. The fourth-order valence-electron chi connectivity index (χ4n) is 3.33. The third-order valence-electron chi connectivity index (χ3n) is 4.15. The molecule has 0 saturated carbocycles. The highest BCUT2D eigenvalue weighted by Gasteiger charge is 2.49. The number of carbonyl (C=O) groups excluding carboxylic acids is 2. The molecule has 0 bridgehead atoms. The molecule has 5 nitrogen and oxygen atoms in total. The van der Waals surface area contributed by atoms with Gasteiger partial charge in [0.05, 0.1) is 11.1 Å². The van der Waals surface area contributed by atoms with Crippen LogP contribution in [0.4, 0.5) is 0 Å². The van der Waals surface area contributed by atoms with Crippen molar-refractivity contribution < 1.29 is 19.2 Å². The highest BCUT2D eigenvalue weighted by Crippen LogP contribution is 2.39. The number of nitrogens with zero attached hydrogens (tertiary/aromatic N) is 1. The SMILES string of the molecule is CC#CC#CC#CC#CC#CC#CC#CC#CC(=O)OC1CC(C)(C)N(OC(C)=O)C(C)(C)C1. The number of rotatable bonds is 2. The predicted molar refractivity (Wildman–Crippen MR) is 129 cm³/mol. The number of hydrogen-bond donors (Lipinski definition) is 0. The average molecular weight is 450 g/mol. The van der Waals surface area contributed by atoms with Crippen molar-refractivity contribution in [1.82, 2.24) is 5.06 Å². The zero-order chi connectivity index (χ0) is 25.5. The first-order chi connectivity index (χ1) is 16.1. The summed E-state index contributed by atoms with van der Waals surface area (Å²) in [5.41, 5.74) is -1.03. The van der Waals surface area contributed by atoms with E-state index in [0.29, 0.717) is 12.8 Å². The molecule has 0 atom stereocenters. The Bertz CT molecular complexity index is 1300. The number of hydroxylamine groups is 2. The number of ether oxygens (including phenoxy) is 1. The zero-order valence-electron chi connectivity index (χ0n) is 20.1. The highest BCUT2D eigenvalue weighted by molar-refractivity contribution is 5.89. The van der Waals surface area contributed by atoms with E-state index in [9.17, 15) is 9.59 Å². The van der Waals surface area contributed by atoms with Crippen molar-refractivity contribution in [2.75, 3.05) is 0 Å². The molecule has 34 heavy (non-hydrogen) atoms. The molecule has 0 radical (unpaired) electrons. The van der Waals surface area contributed by atoms with Crippen LogP contribution in [-0.4, -0.2) is 34.2 Å². The lowest BCUT2D eigenvalue weighted by Gasteiger charge is -2.52. The van der Waals surface area contributed by atoms with Gasteiger partial charge in [-0.3, -0.25) is 4.79 Å². The Labute approximate surface area is 202 Å². The summed E-state index contributed by atoms with van der Waals surface area (Å²) in [5.74, 6) is 38.8. The number of carbonyl (C=O) groups is 2. The Kier molecular flexibility index (Phi) is 11.1. The van der Waals surface area contributed by atoms with E-state index in [1.165, 1.54) is 6.92 Å². The minimum Gasteiger partial charge on any atom is -0.453 e. The van der Waals surface area contributed by atoms with Gasteiger partial charge in [-0.25, -0.2) is 4.79 Å². The third kappa shape index (κ3) is 10.6. The van der Waals surface area contributed by atoms with Gasteiger partial charge in [-0.05, 0) is 118 Å². The maximum absolute atomic E-state index is 12.1. The van der Waals surface area contributed by atoms with E-state index in [1.54, 1.807) is 12.0 Å². The molecule has 0 aliphatic carbocycles. The largest absolute Gasteiger partial charge is 0.453 e. The summed E-state index contributed by atoms with van der Waals surface area (Å²) in [7, 11) is 0. The van der Waals surface area contributed by atoms with E-state index in [4.69, 9.17) is 9.57 Å². The van der Waals surface area contributed by atoms with E-state index in [-0.39, 0.29) is 6.10 Å². The first-order valence-corrected chi connectivity index (χ1v) is 10.2. The summed E-state index contributed by atoms with van der Waals surface area (Å²) >= 11 is 0. The van der Waals surface area contributed by atoms with Crippen LogP contribution in [0.3, 0.4) is 0 Å². The van der Waals surface area contributed by atoms with Crippen LogP contribution in [0.2, 0.25) is 0 Å². The molecule has 0 aromatic heterocycles. The van der Waals surface area contributed by atoms with Gasteiger partial charge < -0.3 is 9.57 Å². The lowest BCUT2D eigenvalue weighted by atomic mass is 9.80. The molecule has 1 saturated heterocycles. The second kappa shape index (κ2) is 13.7. The van der Waals surface area contributed by atoms with Crippen molar-refractivity contribution in [2.24, 2.45) is 0 Å². The van der Waals surface area contributed by atoms with E-state index >= 15 is 0 Å². The highest BCUT2D eigenvalue weighted by atomic mass is 16.7. The molecular weight excluding hydrogens is 426 g/mol. The Morgan fingerprint density at radius 1 is 0.706 bits per heavy atom. The standard InChI is InChI=1S/C29H23NO4/c1-7-8-9-10-11-12-13-14-15-16-17-18-19-20-21-22-27(32)33-26-23-28(3,4)30(34-25(2)31)29(5,6)24-26/h26H,23-24H2,1-6H3. The van der Waals surface area contributed by atoms with Gasteiger partial charge in [-0.15, -0.1) is 5.06 Å². The van der Waals surface area contributed by atoms with E-state index < -0.39 is 23.0 Å². The van der Waals surface area contributed by atoms with Crippen molar-refractivity contribution >= 4 is 11.9 Å². The van der Waals surface area contributed by atoms with Crippen molar-refractivity contribution in [3.8, 4) is 94.7 Å². The fourth-order valence-corrected chi connectivity index (χ4v) is 3.33. The second-order valence-electron chi connectivity index (χ2n) is 8.06. The lowest BCUT2D eigenvalue weighted by molar-refractivity contribution is -0.275. The Morgan fingerprint density at radius 2 is 1.09 bits per heavy atom. The second-order valence-corrected chi connectivity index (χ2v) is 8.06. The van der Waals surface area contributed by atoms with Crippen LogP contribution in [0.25, 0.3) is 0 Å². The maximum atomic E-state index is 12.1. The van der Waals surface area contributed by atoms with Crippen LogP contribution in [0.1, 0.15) is 54.4 Å². The predicted octanol–water partition coefficient (Wildman–Crippen LogP) is 2.08. The minimum absolute atomic E-state index is 0.371. The van der Waals surface area contributed by atoms with E-state index in [2.05, 4.69) is 94.7 Å². The van der Waals surface area contributed by atoms with Gasteiger partial charge in [0.15, 0.2) is 0 Å². The van der Waals surface area contributed by atoms with Crippen LogP contribution in [-0.2, 0) is 19.2 Å². The van der Waals surface area contributed by atoms with Crippen LogP contribution >= 0.6 is 0 Å². The molecule has 0 aromatic rings. The maximum Gasteiger partial charge on any atom is 0.385 e. The van der Waals surface area contributed by atoms with Crippen LogP contribution in [0.15, 0.2) is 0 Å². The zero-order valence-corrected chi connectivity index (χ0v) is 20.1. The van der Waals surface area contributed by atoms with Crippen molar-refractivity contribution in [1.29, 1.82) is 0 Å². The first-order valence-electron chi connectivity index (χ1n) is 10.2. The van der Waals surface area contributed by atoms with Gasteiger partial charge in [-0.2, -0.15) is 0 Å². The molecule has 0 spiro atoms. The molecule has 1 fully saturated rings. The summed E-state index contributed by atoms with van der Waals surface area (Å²) in [6.07, 6.45) is 0.606. The summed E-state index contributed by atoms with van der Waals surface area (Å²) < 4.78 is 5.49. The molecule has 0 N–H and O–H groups in total. The molecule has 0 unspecified atom stereocenters. The Morgan fingerprint density at radius 3 is 1.47 bits per heavy atom. The van der Waals surface area contributed by atoms with Crippen LogP contribution < -0.4 is 0 Å². The lowest BCUT2D eigenvalue weighted by Crippen LogP contribution is -2.62. The average Bonchev–Trinajstić information content (AvgIpc) is 2.73. The molecule has 0 amide bonds. The van der Waals surface area contributed by atoms with Crippen molar-refractivity contribution in [3.05, 3.63) is 0 Å². The van der Waals surface area contributed by atoms with Gasteiger partial charge in [0.1, 0.15) is 6.10 Å². The topological polar surface area (TPSA) is 55.8 Å². The third-order valence-corrected chi connectivity index (χ3v) is 4.15. The van der Waals surface area contributed by atoms with Gasteiger partial charge in [-0.1, -0.05) is 5.92 Å². The van der Waals surface area contributed by atoms with Crippen LogP contribution in [0.5, 0.6) is 0 Å². The van der Waals surface area contributed by atoms with Crippen LogP contribution in [0, 0.1) is 94.7 Å². The number of hydrogen-bond acceptors (Lipinski definition) is 5. The summed E-state index contributed by atoms with van der Waals surface area (Å²) in [6.45, 7) is 10.7. The molecule has 168 valence electrons. The van der Waals surface area contributed by atoms with Gasteiger partial charge >= 0.3 is 11.9 Å². The van der Waals surface area contributed by atoms with Gasteiger partial charge in [0, 0.05) is 25.7 Å².